The molecular formula is C19H21N3O5S2. The van der Waals surface area contributed by atoms with Gasteiger partial charge in [0.1, 0.15) is 5.75 Å². The molecule has 1 unspecified atom stereocenters. The Hall–Kier alpha value is -2.85. The van der Waals surface area contributed by atoms with Gasteiger partial charge in [-0.2, -0.15) is 0 Å². The van der Waals surface area contributed by atoms with E-state index < -0.39 is 16.1 Å². The molecule has 1 atom stereocenters. The fourth-order valence-corrected chi connectivity index (χ4v) is 4.06. The van der Waals surface area contributed by atoms with E-state index >= 15 is 0 Å². The zero-order valence-corrected chi connectivity index (χ0v) is 18.0. The Morgan fingerprint density at radius 1 is 1.21 bits per heavy atom. The number of thiazole rings is 1. The first-order valence-electron chi connectivity index (χ1n) is 8.67. The predicted molar refractivity (Wildman–Crippen MR) is 115 cm³/mol. The lowest BCUT2D eigenvalue weighted by Crippen LogP contribution is -2.30. The van der Waals surface area contributed by atoms with Crippen LogP contribution in [0.1, 0.15) is 6.92 Å². The molecule has 10 heteroatoms. The number of aromatic nitrogens is 1. The van der Waals surface area contributed by atoms with Crippen molar-refractivity contribution in [2.75, 3.05) is 22.9 Å². The van der Waals surface area contributed by atoms with E-state index in [1.165, 1.54) is 7.05 Å². The van der Waals surface area contributed by atoms with Gasteiger partial charge in [0.25, 0.3) is 5.91 Å². The van der Waals surface area contributed by atoms with Crippen molar-refractivity contribution in [3.63, 3.8) is 0 Å². The van der Waals surface area contributed by atoms with Gasteiger partial charge in [0.15, 0.2) is 6.10 Å². The van der Waals surface area contributed by atoms with E-state index in [0.29, 0.717) is 17.1 Å². The summed E-state index contributed by atoms with van der Waals surface area (Å²) < 4.78 is 32.3. The highest BCUT2D eigenvalue weighted by Crippen LogP contribution is 2.23. The van der Waals surface area contributed by atoms with Gasteiger partial charge in [-0.05, 0) is 49.4 Å². The fourth-order valence-electron chi connectivity index (χ4n) is 2.64. The van der Waals surface area contributed by atoms with Crippen molar-refractivity contribution in [1.82, 2.24) is 4.57 Å². The van der Waals surface area contributed by atoms with Gasteiger partial charge < -0.3 is 14.6 Å². The van der Waals surface area contributed by atoms with Crippen LogP contribution in [-0.2, 0) is 21.9 Å². The van der Waals surface area contributed by atoms with Crippen LogP contribution in [0.5, 0.6) is 5.75 Å². The Bertz CT molecular complexity index is 1210. The molecule has 0 spiro atoms. The zero-order chi connectivity index (χ0) is 21.3. The van der Waals surface area contributed by atoms with Crippen molar-refractivity contribution in [1.29, 1.82) is 0 Å². The molecular weight excluding hydrogens is 414 g/mol. The Morgan fingerprint density at radius 3 is 2.48 bits per heavy atom. The first-order chi connectivity index (χ1) is 13.6. The molecule has 1 heterocycles. The van der Waals surface area contributed by atoms with Crippen LogP contribution in [0.4, 0.5) is 11.4 Å². The number of rotatable bonds is 6. The quantitative estimate of drug-likeness (QED) is 0.641. The molecule has 0 aliphatic heterocycles. The van der Waals surface area contributed by atoms with Crippen LogP contribution in [0.3, 0.4) is 0 Å². The number of anilines is 2. The lowest BCUT2D eigenvalue weighted by Gasteiger charge is -2.18. The summed E-state index contributed by atoms with van der Waals surface area (Å²) in [6, 6.07) is 11.7. The fraction of sp³-hybridized carbons (Fsp3) is 0.263. The smallest absolute Gasteiger partial charge is 0.307 e. The van der Waals surface area contributed by atoms with Crippen LogP contribution in [0.25, 0.3) is 10.2 Å². The molecule has 0 saturated carbocycles. The Balaban J connectivity index is 1.67. The molecule has 3 aromatic rings. The van der Waals surface area contributed by atoms with Gasteiger partial charge in [0.05, 0.1) is 22.2 Å². The highest BCUT2D eigenvalue weighted by molar-refractivity contribution is 7.92. The number of carbonyl (C=O) groups is 1. The summed E-state index contributed by atoms with van der Waals surface area (Å²) in [4.78, 5) is 24.1. The van der Waals surface area contributed by atoms with Crippen molar-refractivity contribution in [3.8, 4) is 5.75 Å². The minimum absolute atomic E-state index is 0.0647. The van der Waals surface area contributed by atoms with Crippen LogP contribution >= 0.6 is 11.3 Å². The van der Waals surface area contributed by atoms with Gasteiger partial charge in [-0.15, -0.1) is 0 Å². The standard InChI is InChI=1S/C19H21N3O5S2/c1-12(27-15-8-6-14(7-9-15)22(3)29(4,25)26)18(23)20-13-5-10-16-17(11-13)28-19(24)21(16)2/h5-12H,1-4H3,(H,20,23). The second kappa shape index (κ2) is 7.88. The maximum absolute atomic E-state index is 12.4. The molecule has 1 amide bonds. The number of hydrogen-bond donors (Lipinski definition) is 1. The predicted octanol–water partition coefficient (Wildman–Crippen LogP) is 2.40. The summed E-state index contributed by atoms with van der Waals surface area (Å²) in [5, 5.41) is 2.78. The summed E-state index contributed by atoms with van der Waals surface area (Å²) in [5.74, 6) is 0.0972. The molecule has 1 aromatic heterocycles. The second-order valence-corrected chi connectivity index (χ2v) is 9.59. The van der Waals surface area contributed by atoms with Gasteiger partial charge in [0.2, 0.25) is 10.0 Å². The lowest BCUT2D eigenvalue weighted by molar-refractivity contribution is -0.122. The van der Waals surface area contributed by atoms with E-state index in [1.807, 2.05) is 0 Å². The average Bonchev–Trinajstić information content (AvgIpc) is 2.94. The van der Waals surface area contributed by atoms with Crippen LogP contribution in [0.2, 0.25) is 0 Å². The number of aryl methyl sites for hydroxylation is 1. The molecule has 29 heavy (non-hydrogen) atoms. The number of amides is 1. The molecule has 154 valence electrons. The van der Waals surface area contributed by atoms with E-state index in [9.17, 15) is 18.0 Å². The summed E-state index contributed by atoms with van der Waals surface area (Å²) in [6.45, 7) is 1.62. The Kier molecular flexibility index (Phi) is 5.67. The molecule has 3 rings (SSSR count). The third kappa shape index (κ3) is 4.60. The molecule has 8 nitrogen and oxygen atoms in total. The molecule has 0 radical (unpaired) electrons. The minimum Gasteiger partial charge on any atom is -0.481 e. The highest BCUT2D eigenvalue weighted by atomic mass is 32.2. The summed E-state index contributed by atoms with van der Waals surface area (Å²) in [6.07, 6.45) is 0.341. The summed E-state index contributed by atoms with van der Waals surface area (Å²) in [5.41, 5.74) is 1.87. The Labute approximate surface area is 172 Å². The lowest BCUT2D eigenvalue weighted by atomic mass is 10.2. The molecule has 0 bridgehead atoms. The number of nitrogens with one attached hydrogen (secondary N) is 1. The van der Waals surface area contributed by atoms with Crippen LogP contribution < -0.4 is 19.2 Å². The van der Waals surface area contributed by atoms with Gasteiger partial charge in [-0.25, -0.2) is 8.42 Å². The van der Waals surface area contributed by atoms with E-state index in [0.717, 1.165) is 32.1 Å². The average molecular weight is 436 g/mol. The highest BCUT2D eigenvalue weighted by Gasteiger charge is 2.17. The van der Waals surface area contributed by atoms with Crippen molar-refractivity contribution in [3.05, 3.63) is 52.1 Å². The first kappa shape index (κ1) is 20.9. The number of hydrogen-bond acceptors (Lipinski definition) is 6. The monoisotopic (exact) mass is 435 g/mol. The maximum atomic E-state index is 12.4. The number of carbonyl (C=O) groups excluding carboxylic acids is 1. The molecule has 0 saturated heterocycles. The molecule has 1 N–H and O–H groups in total. The minimum atomic E-state index is -3.35. The molecule has 0 fully saturated rings. The van der Waals surface area contributed by atoms with Crippen molar-refractivity contribution >= 4 is 48.9 Å². The van der Waals surface area contributed by atoms with Gasteiger partial charge in [0, 0.05) is 19.8 Å². The van der Waals surface area contributed by atoms with E-state index in [-0.39, 0.29) is 10.8 Å². The third-order valence-corrected chi connectivity index (χ3v) is 6.64. The summed E-state index contributed by atoms with van der Waals surface area (Å²) in [7, 11) is -0.186. The Morgan fingerprint density at radius 2 is 1.86 bits per heavy atom. The molecule has 0 aliphatic rings. The zero-order valence-electron chi connectivity index (χ0n) is 16.4. The normalized spacial score (nSPS) is 12.6. The van der Waals surface area contributed by atoms with Crippen molar-refractivity contribution in [2.45, 2.75) is 13.0 Å². The van der Waals surface area contributed by atoms with Gasteiger partial charge in [-0.1, -0.05) is 11.3 Å². The molecule has 2 aromatic carbocycles. The number of ether oxygens (including phenoxy) is 1. The number of sulfonamides is 1. The largest absolute Gasteiger partial charge is 0.481 e. The van der Waals surface area contributed by atoms with Crippen molar-refractivity contribution in [2.24, 2.45) is 7.05 Å². The second-order valence-electron chi connectivity index (χ2n) is 6.58. The maximum Gasteiger partial charge on any atom is 0.307 e. The van der Waals surface area contributed by atoms with Crippen LogP contribution in [0, 0.1) is 0 Å². The first-order valence-corrected chi connectivity index (χ1v) is 11.3. The van der Waals surface area contributed by atoms with E-state index in [1.54, 1.807) is 61.0 Å². The molecule has 0 aliphatic carbocycles. The number of benzene rings is 2. The van der Waals surface area contributed by atoms with E-state index in [4.69, 9.17) is 4.74 Å². The van der Waals surface area contributed by atoms with Crippen molar-refractivity contribution < 1.29 is 17.9 Å². The van der Waals surface area contributed by atoms with Crippen LogP contribution in [-0.4, -0.2) is 38.3 Å². The topological polar surface area (TPSA) is 97.7 Å². The van der Waals surface area contributed by atoms with E-state index in [2.05, 4.69) is 5.32 Å². The third-order valence-electron chi connectivity index (χ3n) is 4.44. The number of fused-ring (bicyclic) bond motifs is 1. The van der Waals surface area contributed by atoms with Crippen LogP contribution in [0.15, 0.2) is 47.3 Å². The van der Waals surface area contributed by atoms with Gasteiger partial charge in [-0.3, -0.25) is 13.9 Å². The summed E-state index contributed by atoms with van der Waals surface area (Å²) >= 11 is 1.11. The van der Waals surface area contributed by atoms with Gasteiger partial charge >= 0.3 is 4.87 Å². The SMILES string of the molecule is CC(Oc1ccc(N(C)S(C)(=O)=O)cc1)C(=O)Nc1ccc2c(c1)sc(=O)n2C. The number of nitrogens with zero attached hydrogens (tertiary/aromatic N) is 2.